The van der Waals surface area contributed by atoms with Gasteiger partial charge in [0.05, 0.1) is 0 Å². The average molecular weight is 369 g/mol. The number of sulfonamides is 1. The molecule has 2 rings (SSSR count). The Morgan fingerprint density at radius 1 is 1.53 bits per heavy atom. The molecule has 1 aliphatic carbocycles. The van der Waals surface area contributed by atoms with Crippen molar-refractivity contribution in [3.05, 3.63) is 4.60 Å². The number of hydrogen-bond acceptors (Lipinski definition) is 5. The fourth-order valence-electron chi connectivity index (χ4n) is 2.32. The number of thioether (sulfide) groups is 1. The second-order valence-electron chi connectivity index (χ2n) is 4.52. The van der Waals surface area contributed by atoms with Gasteiger partial charge in [0.25, 0.3) is 10.0 Å². The van der Waals surface area contributed by atoms with Gasteiger partial charge >= 0.3 is 0 Å². The van der Waals surface area contributed by atoms with Crippen molar-refractivity contribution in [2.24, 2.45) is 7.05 Å². The van der Waals surface area contributed by atoms with Gasteiger partial charge < -0.3 is 0 Å². The molecule has 9 heteroatoms. The summed E-state index contributed by atoms with van der Waals surface area (Å²) in [7, 11) is -2.00. The largest absolute Gasteiger partial charge is 0.260 e. The van der Waals surface area contributed by atoms with Crippen LogP contribution in [0.2, 0.25) is 0 Å². The van der Waals surface area contributed by atoms with Gasteiger partial charge in [0.2, 0.25) is 5.03 Å². The predicted octanol–water partition coefficient (Wildman–Crippen LogP) is 1.53. The van der Waals surface area contributed by atoms with Crippen molar-refractivity contribution < 1.29 is 8.42 Å². The Hall–Kier alpha value is -0.120. The monoisotopic (exact) mass is 368 g/mol. The van der Waals surface area contributed by atoms with Gasteiger partial charge in [-0.05, 0) is 40.9 Å². The van der Waals surface area contributed by atoms with E-state index >= 15 is 0 Å². The van der Waals surface area contributed by atoms with Crippen molar-refractivity contribution in [1.82, 2.24) is 19.7 Å². The summed E-state index contributed by atoms with van der Waals surface area (Å²) in [5.74, 6) is 1.07. The average Bonchev–Trinajstić information content (AvgIpc) is 2.86. The quantitative estimate of drug-likeness (QED) is 0.852. The Morgan fingerprint density at radius 3 is 2.84 bits per heavy atom. The van der Waals surface area contributed by atoms with E-state index in [1.165, 1.54) is 4.68 Å². The van der Waals surface area contributed by atoms with E-state index in [9.17, 15) is 8.42 Å². The highest BCUT2D eigenvalue weighted by Crippen LogP contribution is 2.30. The molecule has 0 amide bonds. The van der Waals surface area contributed by atoms with Crippen molar-refractivity contribution in [1.29, 1.82) is 0 Å². The summed E-state index contributed by atoms with van der Waals surface area (Å²) in [6, 6.07) is 0.0100. The first-order valence-corrected chi connectivity index (χ1v) is 9.45. The molecule has 1 N–H and O–H groups in total. The molecular weight excluding hydrogens is 352 g/mol. The van der Waals surface area contributed by atoms with Crippen LogP contribution in [0.25, 0.3) is 0 Å². The van der Waals surface area contributed by atoms with Gasteiger partial charge in [-0.3, -0.25) is 0 Å². The summed E-state index contributed by atoms with van der Waals surface area (Å²) >= 11 is 5.02. The van der Waals surface area contributed by atoms with Crippen molar-refractivity contribution in [2.45, 2.75) is 42.5 Å². The first-order chi connectivity index (χ1) is 8.94. The van der Waals surface area contributed by atoms with E-state index in [-0.39, 0.29) is 15.7 Å². The highest BCUT2D eigenvalue weighted by molar-refractivity contribution is 9.10. The zero-order valence-electron chi connectivity index (χ0n) is 10.8. The summed E-state index contributed by atoms with van der Waals surface area (Å²) in [6.45, 7) is 2.13. The van der Waals surface area contributed by atoms with E-state index in [1.807, 2.05) is 11.8 Å². The summed E-state index contributed by atoms with van der Waals surface area (Å²) < 4.78 is 28.9. The van der Waals surface area contributed by atoms with Gasteiger partial charge in [-0.2, -0.15) is 11.8 Å². The zero-order chi connectivity index (χ0) is 14.0. The zero-order valence-corrected chi connectivity index (χ0v) is 14.1. The van der Waals surface area contributed by atoms with Crippen LogP contribution in [0.4, 0.5) is 0 Å². The lowest BCUT2D eigenvalue weighted by atomic mass is 10.3. The summed E-state index contributed by atoms with van der Waals surface area (Å²) in [4.78, 5) is 0. The van der Waals surface area contributed by atoms with Crippen LogP contribution in [0.15, 0.2) is 9.63 Å². The number of aromatic nitrogens is 3. The number of rotatable bonds is 5. The standard InChI is InChI=1S/C10H17BrN4O2S2/c1-3-18-8-5-4-7(6-8)13-19(16,17)10-9(11)12-14-15(10)2/h7-8,13H,3-6H2,1-2H3. The molecule has 0 aliphatic heterocycles. The third-order valence-corrected chi connectivity index (χ3v) is 6.74. The Kier molecular flexibility index (Phi) is 4.91. The molecule has 108 valence electrons. The molecule has 0 radical (unpaired) electrons. The van der Waals surface area contributed by atoms with Crippen LogP contribution in [0, 0.1) is 0 Å². The third-order valence-electron chi connectivity index (χ3n) is 3.10. The molecule has 19 heavy (non-hydrogen) atoms. The van der Waals surface area contributed by atoms with Crippen molar-refractivity contribution in [3.63, 3.8) is 0 Å². The second-order valence-corrected chi connectivity index (χ2v) is 8.48. The minimum atomic E-state index is -3.57. The minimum absolute atomic E-state index is 0.0100. The molecule has 0 bridgehead atoms. The molecule has 1 aromatic heterocycles. The van der Waals surface area contributed by atoms with Crippen molar-refractivity contribution in [2.75, 3.05) is 5.75 Å². The summed E-state index contributed by atoms with van der Waals surface area (Å²) in [5, 5.41) is 8.05. The predicted molar refractivity (Wildman–Crippen MR) is 78.6 cm³/mol. The topological polar surface area (TPSA) is 76.9 Å². The summed E-state index contributed by atoms with van der Waals surface area (Å²) in [5.41, 5.74) is 0. The first kappa shape index (κ1) is 15.3. The first-order valence-electron chi connectivity index (χ1n) is 6.13. The number of halogens is 1. The number of aryl methyl sites for hydroxylation is 1. The Labute approximate surface area is 125 Å². The molecule has 0 saturated heterocycles. The SMILES string of the molecule is CCSC1CCC(NS(=O)(=O)c2c(Br)nnn2C)C1. The van der Waals surface area contributed by atoms with Crippen LogP contribution in [0.5, 0.6) is 0 Å². The number of nitrogens with zero attached hydrogens (tertiary/aromatic N) is 3. The van der Waals surface area contributed by atoms with Crippen LogP contribution in [-0.2, 0) is 17.1 Å². The Balaban J connectivity index is 2.07. The maximum absolute atomic E-state index is 12.3. The van der Waals surface area contributed by atoms with Crippen LogP contribution in [-0.4, -0.2) is 40.5 Å². The van der Waals surface area contributed by atoms with E-state index in [2.05, 4.69) is 37.9 Å². The van der Waals surface area contributed by atoms with E-state index in [1.54, 1.807) is 7.05 Å². The highest BCUT2D eigenvalue weighted by Gasteiger charge is 2.31. The molecular formula is C10H17BrN4O2S2. The van der Waals surface area contributed by atoms with Crippen LogP contribution in [0.1, 0.15) is 26.2 Å². The molecule has 2 unspecified atom stereocenters. The van der Waals surface area contributed by atoms with Crippen LogP contribution >= 0.6 is 27.7 Å². The molecule has 6 nitrogen and oxygen atoms in total. The molecule has 2 atom stereocenters. The van der Waals surface area contributed by atoms with E-state index in [4.69, 9.17) is 0 Å². The Morgan fingerprint density at radius 2 is 2.26 bits per heavy atom. The van der Waals surface area contributed by atoms with E-state index < -0.39 is 10.0 Å². The summed E-state index contributed by atoms with van der Waals surface area (Å²) in [6.07, 6.45) is 2.84. The van der Waals surface area contributed by atoms with Gasteiger partial charge in [0.15, 0.2) is 4.60 Å². The fourth-order valence-corrected chi connectivity index (χ4v) is 5.84. The van der Waals surface area contributed by atoms with Crippen molar-refractivity contribution in [3.8, 4) is 0 Å². The maximum atomic E-state index is 12.3. The minimum Gasteiger partial charge on any atom is -0.235 e. The smallest absolute Gasteiger partial charge is 0.235 e. The van der Waals surface area contributed by atoms with E-state index in [0.717, 1.165) is 25.0 Å². The molecule has 1 fully saturated rings. The number of hydrogen-bond donors (Lipinski definition) is 1. The molecule has 1 aromatic rings. The van der Waals surface area contributed by atoms with Gasteiger partial charge in [-0.25, -0.2) is 17.8 Å². The van der Waals surface area contributed by atoms with Crippen molar-refractivity contribution >= 4 is 37.7 Å². The molecule has 1 heterocycles. The molecule has 0 spiro atoms. The fraction of sp³-hybridized carbons (Fsp3) is 0.800. The lowest BCUT2D eigenvalue weighted by Gasteiger charge is -2.13. The number of nitrogens with one attached hydrogen (secondary N) is 1. The lowest BCUT2D eigenvalue weighted by Crippen LogP contribution is -2.34. The normalized spacial score (nSPS) is 23.9. The van der Waals surface area contributed by atoms with Crippen LogP contribution in [0.3, 0.4) is 0 Å². The second kappa shape index (κ2) is 6.11. The van der Waals surface area contributed by atoms with Gasteiger partial charge in [-0.15, -0.1) is 5.10 Å². The van der Waals surface area contributed by atoms with E-state index in [0.29, 0.717) is 5.25 Å². The third kappa shape index (κ3) is 3.50. The van der Waals surface area contributed by atoms with Gasteiger partial charge in [0.1, 0.15) is 0 Å². The van der Waals surface area contributed by atoms with Crippen LogP contribution < -0.4 is 4.72 Å². The van der Waals surface area contributed by atoms with Gasteiger partial charge in [0, 0.05) is 18.3 Å². The molecule has 1 saturated carbocycles. The highest BCUT2D eigenvalue weighted by atomic mass is 79.9. The molecule has 1 aliphatic rings. The Bertz CT molecular complexity index is 526. The lowest BCUT2D eigenvalue weighted by molar-refractivity contribution is 0.536. The maximum Gasteiger partial charge on any atom is 0.260 e. The molecule has 0 aromatic carbocycles. The van der Waals surface area contributed by atoms with Gasteiger partial charge in [-0.1, -0.05) is 12.1 Å².